The monoisotopic (exact) mass is 362 g/mol. The highest BCUT2D eigenvalue weighted by atomic mass is 32.2. The maximum Gasteiger partial charge on any atom is 0.280 e. The lowest BCUT2D eigenvalue weighted by atomic mass is 10.4. The summed E-state index contributed by atoms with van der Waals surface area (Å²) in [5.74, 6) is 7.15. The van der Waals surface area contributed by atoms with Gasteiger partial charge in [-0.15, -0.1) is 5.92 Å². The Balaban J connectivity index is 2.15. The van der Waals surface area contributed by atoms with E-state index < -0.39 is 0 Å². The molecule has 1 aliphatic heterocycles. The van der Waals surface area contributed by atoms with Crippen LogP contribution in [0.25, 0.3) is 11.2 Å². The first-order valence-electron chi connectivity index (χ1n) is 8.23. The van der Waals surface area contributed by atoms with Crippen molar-refractivity contribution in [2.24, 2.45) is 7.05 Å². The van der Waals surface area contributed by atoms with Gasteiger partial charge in [0.15, 0.2) is 16.3 Å². The summed E-state index contributed by atoms with van der Waals surface area (Å²) < 4.78 is 3.38. The van der Waals surface area contributed by atoms with Gasteiger partial charge < -0.3 is 15.3 Å². The maximum atomic E-state index is 12.9. The smallest absolute Gasteiger partial charge is 0.280 e. The van der Waals surface area contributed by atoms with Gasteiger partial charge in [0.2, 0.25) is 5.95 Å². The molecule has 0 aromatic carbocycles. The van der Waals surface area contributed by atoms with E-state index in [0.717, 1.165) is 32.1 Å². The number of nitrogens with one attached hydrogen (secondary N) is 1. The van der Waals surface area contributed by atoms with Crippen molar-refractivity contribution in [3.05, 3.63) is 10.4 Å². The molecule has 134 valence electrons. The van der Waals surface area contributed by atoms with E-state index in [1.54, 1.807) is 14.0 Å². The first kappa shape index (κ1) is 17.8. The van der Waals surface area contributed by atoms with Gasteiger partial charge in [-0.2, -0.15) is 4.98 Å². The van der Waals surface area contributed by atoms with Crippen LogP contribution in [0.4, 0.5) is 5.95 Å². The van der Waals surface area contributed by atoms with E-state index in [4.69, 9.17) is 5.11 Å². The van der Waals surface area contributed by atoms with Crippen molar-refractivity contribution in [1.82, 2.24) is 24.4 Å². The standard InChI is InChI=1S/C16H22N6O2S/c1-3-4-7-22-12-13(18-15(22)21-8-5-17-6-9-21)19-16(25-11-10-23)20(2)14(12)24/h17,23H,5-11H2,1-2H3. The van der Waals surface area contributed by atoms with E-state index >= 15 is 0 Å². The Labute approximate surface area is 150 Å². The molecule has 0 radical (unpaired) electrons. The van der Waals surface area contributed by atoms with E-state index in [1.165, 1.54) is 16.3 Å². The van der Waals surface area contributed by atoms with E-state index in [0.29, 0.717) is 28.6 Å². The SMILES string of the molecule is CC#CCn1c(N2CCNCC2)nc2nc(SCCO)n(C)c(=O)c21. The molecule has 0 spiro atoms. The van der Waals surface area contributed by atoms with E-state index in [-0.39, 0.29) is 12.2 Å². The van der Waals surface area contributed by atoms with Crippen molar-refractivity contribution in [3.8, 4) is 11.8 Å². The van der Waals surface area contributed by atoms with Gasteiger partial charge in [-0.05, 0) is 6.92 Å². The molecule has 1 saturated heterocycles. The number of aliphatic hydroxyl groups is 1. The number of nitrogens with zero attached hydrogens (tertiary/aromatic N) is 5. The summed E-state index contributed by atoms with van der Waals surface area (Å²) >= 11 is 1.35. The van der Waals surface area contributed by atoms with Gasteiger partial charge >= 0.3 is 0 Å². The van der Waals surface area contributed by atoms with Crippen molar-refractivity contribution in [2.75, 3.05) is 43.4 Å². The minimum atomic E-state index is -0.141. The highest BCUT2D eigenvalue weighted by Gasteiger charge is 2.22. The molecule has 0 amide bonds. The average molecular weight is 362 g/mol. The molecule has 2 aromatic heterocycles. The van der Waals surface area contributed by atoms with Gasteiger partial charge in [-0.1, -0.05) is 17.7 Å². The number of hydrogen-bond donors (Lipinski definition) is 2. The molecule has 3 heterocycles. The van der Waals surface area contributed by atoms with Gasteiger partial charge in [0.25, 0.3) is 5.56 Å². The Morgan fingerprint density at radius 2 is 2.08 bits per heavy atom. The van der Waals surface area contributed by atoms with Crippen LogP contribution in [-0.4, -0.2) is 62.7 Å². The molecule has 1 fully saturated rings. The Kier molecular flexibility index (Phi) is 5.63. The molecule has 9 heteroatoms. The van der Waals surface area contributed by atoms with Gasteiger partial charge in [0.1, 0.15) is 0 Å². The van der Waals surface area contributed by atoms with Crippen LogP contribution in [0.1, 0.15) is 6.92 Å². The Morgan fingerprint density at radius 1 is 1.32 bits per heavy atom. The molecule has 0 atom stereocenters. The first-order chi connectivity index (χ1) is 12.2. The van der Waals surface area contributed by atoms with E-state index in [9.17, 15) is 4.79 Å². The molecule has 0 saturated carbocycles. The second-order valence-corrected chi connectivity index (χ2v) is 6.73. The summed E-state index contributed by atoms with van der Waals surface area (Å²) in [6, 6.07) is 0. The van der Waals surface area contributed by atoms with E-state index in [2.05, 4.69) is 32.0 Å². The summed E-state index contributed by atoms with van der Waals surface area (Å²) in [7, 11) is 1.70. The second kappa shape index (κ2) is 7.91. The van der Waals surface area contributed by atoms with Crippen molar-refractivity contribution in [2.45, 2.75) is 18.6 Å². The minimum Gasteiger partial charge on any atom is -0.396 e. The molecule has 8 nitrogen and oxygen atoms in total. The lowest BCUT2D eigenvalue weighted by molar-refractivity contribution is 0.322. The fourth-order valence-corrected chi connectivity index (χ4v) is 3.51. The number of aliphatic hydroxyl groups excluding tert-OH is 1. The fraction of sp³-hybridized carbons (Fsp3) is 0.562. The summed E-state index contributed by atoms with van der Waals surface area (Å²) in [6.07, 6.45) is 0. The number of rotatable bonds is 5. The molecule has 0 aliphatic carbocycles. The van der Waals surface area contributed by atoms with Crippen molar-refractivity contribution < 1.29 is 5.11 Å². The zero-order chi connectivity index (χ0) is 17.8. The number of thioether (sulfide) groups is 1. The van der Waals surface area contributed by atoms with Gasteiger partial charge in [0.05, 0.1) is 13.2 Å². The fourth-order valence-electron chi connectivity index (χ4n) is 2.81. The third kappa shape index (κ3) is 3.51. The van der Waals surface area contributed by atoms with Crippen LogP contribution in [0.5, 0.6) is 0 Å². The number of imidazole rings is 1. The van der Waals surface area contributed by atoms with Gasteiger partial charge in [-0.25, -0.2) is 4.98 Å². The second-order valence-electron chi connectivity index (χ2n) is 5.66. The summed E-state index contributed by atoms with van der Waals surface area (Å²) in [5, 5.41) is 12.9. The largest absolute Gasteiger partial charge is 0.396 e. The normalized spacial score (nSPS) is 14.6. The number of hydrogen-bond acceptors (Lipinski definition) is 7. The lowest BCUT2D eigenvalue weighted by Crippen LogP contribution is -2.44. The summed E-state index contributed by atoms with van der Waals surface area (Å²) in [6.45, 7) is 5.64. The topological polar surface area (TPSA) is 88.2 Å². The highest BCUT2D eigenvalue weighted by Crippen LogP contribution is 2.22. The molecule has 2 aromatic rings. The number of fused-ring (bicyclic) bond motifs is 1. The molecular formula is C16H22N6O2S. The molecule has 25 heavy (non-hydrogen) atoms. The third-order valence-electron chi connectivity index (χ3n) is 4.06. The van der Waals surface area contributed by atoms with Crippen molar-refractivity contribution in [3.63, 3.8) is 0 Å². The molecule has 2 N–H and O–H groups in total. The molecule has 1 aliphatic rings. The van der Waals surface area contributed by atoms with Crippen LogP contribution in [0.3, 0.4) is 0 Å². The van der Waals surface area contributed by atoms with Crippen LogP contribution in [0, 0.1) is 11.8 Å². The van der Waals surface area contributed by atoms with Gasteiger partial charge in [0, 0.05) is 39.0 Å². The first-order valence-corrected chi connectivity index (χ1v) is 9.22. The maximum absolute atomic E-state index is 12.9. The minimum absolute atomic E-state index is 0.0329. The Morgan fingerprint density at radius 3 is 2.76 bits per heavy atom. The molecule has 0 bridgehead atoms. The summed E-state index contributed by atoms with van der Waals surface area (Å²) in [4.78, 5) is 24.3. The zero-order valence-corrected chi connectivity index (χ0v) is 15.3. The number of anilines is 1. The quantitative estimate of drug-likeness (QED) is 0.427. The Hall–Kier alpha value is -2.02. The zero-order valence-electron chi connectivity index (χ0n) is 14.4. The molecular weight excluding hydrogens is 340 g/mol. The van der Waals surface area contributed by atoms with E-state index in [1.807, 2.05) is 4.57 Å². The third-order valence-corrected chi connectivity index (χ3v) is 5.07. The highest BCUT2D eigenvalue weighted by molar-refractivity contribution is 7.99. The lowest BCUT2D eigenvalue weighted by Gasteiger charge is -2.28. The van der Waals surface area contributed by atoms with Gasteiger partial charge in [-0.3, -0.25) is 13.9 Å². The van der Waals surface area contributed by atoms with Crippen LogP contribution in [-0.2, 0) is 13.6 Å². The van der Waals surface area contributed by atoms with Crippen LogP contribution in [0.2, 0.25) is 0 Å². The number of aromatic nitrogens is 4. The predicted molar refractivity (Wildman–Crippen MR) is 99.1 cm³/mol. The van der Waals surface area contributed by atoms with Crippen LogP contribution < -0.4 is 15.8 Å². The molecule has 3 rings (SSSR count). The van der Waals surface area contributed by atoms with Crippen molar-refractivity contribution in [1.29, 1.82) is 0 Å². The summed E-state index contributed by atoms with van der Waals surface area (Å²) in [5.41, 5.74) is 0.777. The number of piperazine rings is 1. The van der Waals surface area contributed by atoms with Crippen LogP contribution in [0.15, 0.2) is 9.95 Å². The van der Waals surface area contributed by atoms with Crippen molar-refractivity contribution >= 4 is 28.9 Å². The average Bonchev–Trinajstić information content (AvgIpc) is 3.01. The van der Waals surface area contributed by atoms with Crippen LogP contribution >= 0.6 is 11.8 Å². The Bertz CT molecular complexity index is 873. The molecule has 0 unspecified atom stereocenters. The predicted octanol–water partition coefficient (Wildman–Crippen LogP) is -0.353.